The molecule has 2 nitrogen and oxygen atoms in total. The number of aromatic nitrogens is 1. The number of nitrogens with one attached hydrogen (secondary N) is 1. The van der Waals surface area contributed by atoms with E-state index in [4.69, 9.17) is 5.73 Å². The predicted molar refractivity (Wildman–Crippen MR) is 72.9 cm³/mol. The molecule has 0 aliphatic carbocycles. The molecule has 1 heterocycles. The summed E-state index contributed by atoms with van der Waals surface area (Å²) in [5.41, 5.74) is 11.5. The molecule has 3 aromatic rings. The molecule has 0 saturated carbocycles. The minimum atomic E-state index is 0.824. The summed E-state index contributed by atoms with van der Waals surface area (Å²) in [5, 5.41) is 1.09. The lowest BCUT2D eigenvalue weighted by Crippen LogP contribution is -1.87. The van der Waals surface area contributed by atoms with Crippen LogP contribution in [0.5, 0.6) is 0 Å². The molecule has 0 amide bonds. The topological polar surface area (TPSA) is 41.8 Å². The first-order valence-corrected chi connectivity index (χ1v) is 5.69. The van der Waals surface area contributed by atoms with E-state index in [9.17, 15) is 0 Å². The van der Waals surface area contributed by atoms with Crippen molar-refractivity contribution in [2.24, 2.45) is 0 Å². The smallest absolute Gasteiger partial charge is 0.0698 e. The lowest BCUT2D eigenvalue weighted by atomic mass is 10.1. The third-order valence-electron chi connectivity index (χ3n) is 3.09. The molecule has 2 heteroatoms. The molecule has 0 aliphatic rings. The van der Waals surface area contributed by atoms with Crippen molar-refractivity contribution in [3.8, 4) is 11.3 Å². The van der Waals surface area contributed by atoms with E-state index in [1.54, 1.807) is 0 Å². The second kappa shape index (κ2) is 3.67. The quantitative estimate of drug-likeness (QED) is 0.647. The Morgan fingerprint density at radius 2 is 1.65 bits per heavy atom. The molecule has 3 N–H and O–H groups in total. The first kappa shape index (κ1) is 9.97. The van der Waals surface area contributed by atoms with Crippen LogP contribution in [0.2, 0.25) is 0 Å². The van der Waals surface area contributed by atoms with E-state index in [2.05, 4.69) is 36.2 Å². The fourth-order valence-corrected chi connectivity index (χ4v) is 2.11. The van der Waals surface area contributed by atoms with Crippen LogP contribution < -0.4 is 5.73 Å². The molecular weight excluding hydrogens is 208 g/mol. The average molecular weight is 222 g/mol. The molecular formula is C15H14N2. The van der Waals surface area contributed by atoms with E-state index in [0.717, 1.165) is 27.8 Å². The highest BCUT2D eigenvalue weighted by Crippen LogP contribution is 2.32. The van der Waals surface area contributed by atoms with Gasteiger partial charge in [-0.1, -0.05) is 48.0 Å². The Hall–Kier alpha value is -2.22. The van der Waals surface area contributed by atoms with Gasteiger partial charge in [-0.3, -0.25) is 0 Å². The summed E-state index contributed by atoms with van der Waals surface area (Å²) in [4.78, 5) is 3.37. The second-order valence-corrected chi connectivity index (χ2v) is 4.33. The number of rotatable bonds is 1. The predicted octanol–water partition coefficient (Wildman–Crippen LogP) is 3.73. The van der Waals surface area contributed by atoms with Crippen LogP contribution in [0.4, 0.5) is 5.69 Å². The van der Waals surface area contributed by atoms with Crippen molar-refractivity contribution in [2.75, 3.05) is 5.73 Å². The van der Waals surface area contributed by atoms with Crippen molar-refractivity contribution < 1.29 is 0 Å². The zero-order chi connectivity index (χ0) is 11.8. The summed E-state index contributed by atoms with van der Waals surface area (Å²) in [7, 11) is 0. The first-order chi connectivity index (χ1) is 8.25. The number of nitrogens with two attached hydrogens (primary N) is 1. The third-order valence-corrected chi connectivity index (χ3v) is 3.09. The highest BCUT2D eigenvalue weighted by atomic mass is 14.8. The average Bonchev–Trinajstić information content (AvgIpc) is 2.69. The maximum atomic E-state index is 6.18. The Morgan fingerprint density at radius 1 is 0.941 bits per heavy atom. The van der Waals surface area contributed by atoms with Crippen molar-refractivity contribution in [2.45, 2.75) is 6.92 Å². The summed E-state index contributed by atoms with van der Waals surface area (Å²) < 4.78 is 0. The molecule has 17 heavy (non-hydrogen) atoms. The Labute approximate surface area is 100 Å². The maximum absolute atomic E-state index is 6.18. The molecule has 0 spiro atoms. The SMILES string of the molecule is Cc1ccc(-c2[nH]c3ccccc3c2N)cc1. The van der Waals surface area contributed by atoms with E-state index in [0.29, 0.717) is 0 Å². The van der Waals surface area contributed by atoms with Crippen LogP contribution in [0, 0.1) is 6.92 Å². The fraction of sp³-hybridized carbons (Fsp3) is 0.0667. The van der Waals surface area contributed by atoms with Crippen molar-refractivity contribution in [1.29, 1.82) is 0 Å². The van der Waals surface area contributed by atoms with Crippen molar-refractivity contribution in [3.63, 3.8) is 0 Å². The van der Waals surface area contributed by atoms with E-state index in [1.165, 1.54) is 5.56 Å². The lowest BCUT2D eigenvalue weighted by Gasteiger charge is -2.00. The highest BCUT2D eigenvalue weighted by molar-refractivity contribution is 5.99. The number of benzene rings is 2. The van der Waals surface area contributed by atoms with Crippen LogP contribution in [-0.2, 0) is 0 Å². The molecule has 0 radical (unpaired) electrons. The van der Waals surface area contributed by atoms with Crippen LogP contribution in [0.15, 0.2) is 48.5 Å². The Morgan fingerprint density at radius 3 is 2.35 bits per heavy atom. The molecule has 0 bridgehead atoms. The minimum Gasteiger partial charge on any atom is -0.396 e. The van der Waals surface area contributed by atoms with Gasteiger partial charge in [0.2, 0.25) is 0 Å². The molecule has 0 fully saturated rings. The molecule has 1 aromatic heterocycles. The number of nitrogen functional groups attached to an aromatic ring is 1. The summed E-state index contributed by atoms with van der Waals surface area (Å²) in [6, 6.07) is 16.5. The van der Waals surface area contributed by atoms with Gasteiger partial charge in [-0.2, -0.15) is 0 Å². The number of para-hydroxylation sites is 1. The number of H-pyrrole nitrogens is 1. The van der Waals surface area contributed by atoms with Crippen LogP contribution in [0.1, 0.15) is 5.56 Å². The summed E-state index contributed by atoms with van der Waals surface area (Å²) in [5.74, 6) is 0. The third kappa shape index (κ3) is 1.58. The van der Waals surface area contributed by atoms with Crippen molar-refractivity contribution >= 4 is 16.6 Å². The number of aromatic amines is 1. The Bertz CT molecular complexity index is 663. The highest BCUT2D eigenvalue weighted by Gasteiger charge is 2.09. The molecule has 2 aromatic carbocycles. The van der Waals surface area contributed by atoms with Gasteiger partial charge in [0.1, 0.15) is 0 Å². The van der Waals surface area contributed by atoms with Gasteiger partial charge in [-0.05, 0) is 13.0 Å². The summed E-state index contributed by atoms with van der Waals surface area (Å²) >= 11 is 0. The standard InChI is InChI=1S/C15H14N2/c1-10-6-8-11(9-7-10)15-14(16)12-4-2-3-5-13(12)17-15/h2-9,17H,16H2,1H3. The number of hydrogen-bond donors (Lipinski definition) is 2. The van der Waals surface area contributed by atoms with Gasteiger partial charge >= 0.3 is 0 Å². The van der Waals surface area contributed by atoms with Gasteiger partial charge in [0.25, 0.3) is 0 Å². The van der Waals surface area contributed by atoms with E-state index < -0.39 is 0 Å². The summed E-state index contributed by atoms with van der Waals surface area (Å²) in [6.45, 7) is 2.08. The van der Waals surface area contributed by atoms with Gasteiger partial charge in [0.15, 0.2) is 0 Å². The van der Waals surface area contributed by atoms with Crippen LogP contribution in [0.3, 0.4) is 0 Å². The number of hydrogen-bond acceptors (Lipinski definition) is 1. The molecule has 0 saturated heterocycles. The summed E-state index contributed by atoms with van der Waals surface area (Å²) in [6.07, 6.45) is 0. The Balaban J connectivity index is 2.24. The van der Waals surface area contributed by atoms with Crippen LogP contribution in [0.25, 0.3) is 22.2 Å². The van der Waals surface area contributed by atoms with Crippen LogP contribution in [-0.4, -0.2) is 4.98 Å². The Kier molecular flexibility index (Phi) is 2.15. The number of aryl methyl sites for hydroxylation is 1. The van der Waals surface area contributed by atoms with Gasteiger partial charge in [0, 0.05) is 16.5 Å². The second-order valence-electron chi connectivity index (χ2n) is 4.33. The van der Waals surface area contributed by atoms with Gasteiger partial charge < -0.3 is 10.7 Å². The van der Waals surface area contributed by atoms with Gasteiger partial charge in [-0.15, -0.1) is 0 Å². The zero-order valence-corrected chi connectivity index (χ0v) is 9.70. The van der Waals surface area contributed by atoms with E-state index in [1.807, 2.05) is 24.3 Å². The van der Waals surface area contributed by atoms with Gasteiger partial charge in [0.05, 0.1) is 11.4 Å². The van der Waals surface area contributed by atoms with Crippen molar-refractivity contribution in [1.82, 2.24) is 4.98 Å². The monoisotopic (exact) mass is 222 g/mol. The molecule has 0 aliphatic heterocycles. The van der Waals surface area contributed by atoms with Crippen molar-refractivity contribution in [3.05, 3.63) is 54.1 Å². The van der Waals surface area contributed by atoms with E-state index >= 15 is 0 Å². The van der Waals surface area contributed by atoms with E-state index in [-0.39, 0.29) is 0 Å². The molecule has 3 rings (SSSR count). The normalized spacial score (nSPS) is 10.9. The zero-order valence-electron chi connectivity index (χ0n) is 9.70. The molecule has 0 unspecified atom stereocenters. The molecule has 0 atom stereocenters. The molecule has 84 valence electrons. The minimum absolute atomic E-state index is 0.824. The largest absolute Gasteiger partial charge is 0.396 e. The lowest BCUT2D eigenvalue weighted by molar-refractivity contribution is 1.42. The fourth-order valence-electron chi connectivity index (χ4n) is 2.11. The maximum Gasteiger partial charge on any atom is 0.0698 e. The number of fused-ring (bicyclic) bond motifs is 1. The van der Waals surface area contributed by atoms with Crippen LogP contribution >= 0.6 is 0 Å². The number of anilines is 1. The van der Waals surface area contributed by atoms with Gasteiger partial charge in [-0.25, -0.2) is 0 Å². The first-order valence-electron chi connectivity index (χ1n) is 5.69.